The number of carboxylic acids is 1. The van der Waals surface area contributed by atoms with E-state index in [0.29, 0.717) is 25.3 Å². The first kappa shape index (κ1) is 27.4. The van der Waals surface area contributed by atoms with Crippen molar-refractivity contribution in [1.29, 1.82) is 0 Å². The lowest BCUT2D eigenvalue weighted by atomic mass is 9.79. The number of pyridine rings is 1. The highest BCUT2D eigenvalue weighted by Gasteiger charge is 2.30. The molecule has 1 fully saturated rings. The number of likely N-dealkylation sites (tertiary alicyclic amines) is 1. The van der Waals surface area contributed by atoms with Crippen molar-refractivity contribution in [2.24, 2.45) is 11.8 Å². The SMILES string of the molecule is COc1ccc(C#CCN2CC[C@@H](CC[C@@H](O)c3ccnc4ccc(OC)cc34)[C@H](CCC(=O)O)C2)cc1. The maximum Gasteiger partial charge on any atom is 0.303 e. The van der Waals surface area contributed by atoms with E-state index in [1.165, 1.54) is 0 Å². The number of piperidine rings is 1. The monoisotopic (exact) mass is 516 g/mol. The average Bonchev–Trinajstić information content (AvgIpc) is 2.95. The zero-order chi connectivity index (χ0) is 26.9. The Bertz CT molecular complexity index is 1280. The van der Waals surface area contributed by atoms with Crippen molar-refractivity contribution in [1.82, 2.24) is 9.88 Å². The lowest BCUT2D eigenvalue weighted by Crippen LogP contribution is -2.41. The van der Waals surface area contributed by atoms with Gasteiger partial charge in [-0.25, -0.2) is 0 Å². The van der Waals surface area contributed by atoms with Crippen molar-refractivity contribution in [3.05, 3.63) is 65.9 Å². The Morgan fingerprint density at radius 3 is 2.58 bits per heavy atom. The summed E-state index contributed by atoms with van der Waals surface area (Å²) in [5, 5.41) is 21.3. The van der Waals surface area contributed by atoms with E-state index < -0.39 is 12.1 Å². The molecule has 0 saturated carbocycles. The minimum atomic E-state index is -0.766. The van der Waals surface area contributed by atoms with E-state index in [9.17, 15) is 15.0 Å². The van der Waals surface area contributed by atoms with Crippen LogP contribution in [0.25, 0.3) is 10.9 Å². The highest BCUT2D eigenvalue weighted by atomic mass is 16.5. The number of aliphatic hydroxyl groups is 1. The molecule has 0 amide bonds. The van der Waals surface area contributed by atoms with Crippen molar-refractivity contribution in [2.75, 3.05) is 33.9 Å². The highest BCUT2D eigenvalue weighted by Crippen LogP contribution is 2.35. The Balaban J connectivity index is 1.38. The highest BCUT2D eigenvalue weighted by molar-refractivity contribution is 5.83. The van der Waals surface area contributed by atoms with Crippen LogP contribution < -0.4 is 9.47 Å². The number of rotatable bonds is 10. The molecule has 0 unspecified atom stereocenters. The van der Waals surface area contributed by atoms with E-state index in [2.05, 4.69) is 21.7 Å². The molecule has 2 N–H and O–H groups in total. The molecule has 0 spiro atoms. The maximum absolute atomic E-state index is 11.3. The maximum atomic E-state index is 11.3. The fourth-order valence-electron chi connectivity index (χ4n) is 5.33. The molecule has 0 aliphatic carbocycles. The summed E-state index contributed by atoms with van der Waals surface area (Å²) in [5.74, 6) is 7.87. The summed E-state index contributed by atoms with van der Waals surface area (Å²) in [6, 6.07) is 15.3. The average molecular weight is 517 g/mol. The van der Waals surface area contributed by atoms with Crippen LogP contribution in [-0.2, 0) is 4.79 Å². The normalized spacial score (nSPS) is 18.4. The topological polar surface area (TPSA) is 92.1 Å². The Morgan fingerprint density at radius 2 is 1.84 bits per heavy atom. The largest absolute Gasteiger partial charge is 0.497 e. The molecule has 1 aliphatic heterocycles. The quantitative estimate of drug-likeness (QED) is 0.370. The van der Waals surface area contributed by atoms with Crippen LogP contribution in [0.4, 0.5) is 0 Å². The fraction of sp³-hybridized carbons (Fsp3) is 0.419. The molecule has 3 aromatic rings. The van der Waals surface area contributed by atoms with Crippen LogP contribution in [0.5, 0.6) is 11.5 Å². The number of aliphatic carboxylic acids is 1. The number of carbonyl (C=O) groups is 1. The first-order valence-corrected chi connectivity index (χ1v) is 13.1. The predicted octanol–water partition coefficient (Wildman–Crippen LogP) is 4.92. The van der Waals surface area contributed by atoms with Gasteiger partial charge < -0.3 is 19.7 Å². The summed E-state index contributed by atoms with van der Waals surface area (Å²) in [7, 11) is 3.27. The van der Waals surface area contributed by atoms with Gasteiger partial charge in [0.2, 0.25) is 0 Å². The van der Waals surface area contributed by atoms with E-state index in [0.717, 1.165) is 59.5 Å². The zero-order valence-electron chi connectivity index (χ0n) is 22.1. The number of aliphatic hydroxyl groups excluding tert-OH is 1. The van der Waals surface area contributed by atoms with E-state index >= 15 is 0 Å². The number of hydrogen-bond acceptors (Lipinski definition) is 6. The number of ether oxygens (including phenoxy) is 2. The molecule has 2 aromatic carbocycles. The van der Waals surface area contributed by atoms with E-state index in [1.807, 2.05) is 48.5 Å². The van der Waals surface area contributed by atoms with Crippen LogP contribution >= 0.6 is 0 Å². The second-order valence-electron chi connectivity index (χ2n) is 9.88. The van der Waals surface area contributed by atoms with Gasteiger partial charge in [-0.15, -0.1) is 0 Å². The van der Waals surface area contributed by atoms with Crippen LogP contribution in [0.2, 0.25) is 0 Å². The van der Waals surface area contributed by atoms with Crippen molar-refractivity contribution in [3.63, 3.8) is 0 Å². The standard InChI is InChI=1S/C31H36N2O5/c1-37-25-9-5-22(6-10-25)4-3-18-33-19-16-23(24(21-33)8-14-31(35)36)7-13-30(34)27-15-17-32-29-12-11-26(38-2)20-28(27)29/h5-6,9-12,15,17,20,23-24,30,34H,7-8,13-14,16,18-19,21H2,1-2H3,(H,35,36)/t23-,24-,30-/m1/s1. The van der Waals surface area contributed by atoms with Crippen molar-refractivity contribution >= 4 is 16.9 Å². The van der Waals surface area contributed by atoms with Gasteiger partial charge in [-0.3, -0.25) is 14.7 Å². The Labute approximate surface area is 224 Å². The third kappa shape index (κ3) is 7.25. The summed E-state index contributed by atoms with van der Waals surface area (Å²) in [6.07, 6.45) is 4.31. The summed E-state index contributed by atoms with van der Waals surface area (Å²) < 4.78 is 10.6. The Hall–Kier alpha value is -3.60. The third-order valence-corrected chi connectivity index (χ3v) is 7.48. The first-order valence-electron chi connectivity index (χ1n) is 13.1. The van der Waals surface area contributed by atoms with Crippen LogP contribution in [0.15, 0.2) is 54.7 Å². The summed E-state index contributed by atoms with van der Waals surface area (Å²) in [6.45, 7) is 2.38. The molecule has 0 radical (unpaired) electrons. The van der Waals surface area contributed by atoms with Gasteiger partial charge in [-0.05, 0) is 98.2 Å². The number of nitrogens with zero attached hydrogens (tertiary/aromatic N) is 2. The van der Waals surface area contributed by atoms with Gasteiger partial charge in [-0.2, -0.15) is 0 Å². The molecule has 200 valence electrons. The Kier molecular flexibility index (Phi) is 9.58. The lowest BCUT2D eigenvalue weighted by molar-refractivity contribution is -0.137. The smallest absolute Gasteiger partial charge is 0.303 e. The minimum Gasteiger partial charge on any atom is -0.497 e. The zero-order valence-corrected chi connectivity index (χ0v) is 22.1. The molecule has 1 saturated heterocycles. The van der Waals surface area contributed by atoms with Gasteiger partial charge in [-0.1, -0.05) is 11.8 Å². The van der Waals surface area contributed by atoms with E-state index in [1.54, 1.807) is 20.4 Å². The Morgan fingerprint density at radius 1 is 1.08 bits per heavy atom. The molecule has 1 aliphatic rings. The predicted molar refractivity (Wildman–Crippen MR) is 147 cm³/mol. The second kappa shape index (κ2) is 13.3. The van der Waals surface area contributed by atoms with Crippen molar-refractivity contribution in [2.45, 2.75) is 38.2 Å². The van der Waals surface area contributed by atoms with Crippen LogP contribution in [-0.4, -0.2) is 59.9 Å². The van der Waals surface area contributed by atoms with E-state index in [4.69, 9.17) is 9.47 Å². The molecule has 0 bridgehead atoms. The van der Waals surface area contributed by atoms with Gasteiger partial charge >= 0.3 is 5.97 Å². The summed E-state index contributed by atoms with van der Waals surface area (Å²) in [5.41, 5.74) is 2.62. The second-order valence-corrected chi connectivity index (χ2v) is 9.88. The van der Waals surface area contributed by atoms with Crippen LogP contribution in [0, 0.1) is 23.7 Å². The number of fused-ring (bicyclic) bond motifs is 1. The number of benzene rings is 2. The molecular weight excluding hydrogens is 480 g/mol. The number of carboxylic acid groups (broad SMARTS) is 1. The molecule has 2 heterocycles. The van der Waals surface area contributed by atoms with Crippen LogP contribution in [0.1, 0.15) is 49.3 Å². The number of hydrogen-bond donors (Lipinski definition) is 2. The number of methoxy groups -OCH3 is 2. The van der Waals surface area contributed by atoms with Gasteiger partial charge in [0.1, 0.15) is 11.5 Å². The molecule has 7 heteroatoms. The van der Waals surface area contributed by atoms with Gasteiger partial charge in [0, 0.05) is 30.1 Å². The molecular formula is C31H36N2O5. The first-order chi connectivity index (χ1) is 18.5. The van der Waals surface area contributed by atoms with Crippen molar-refractivity contribution < 1.29 is 24.5 Å². The third-order valence-electron chi connectivity index (χ3n) is 7.48. The van der Waals surface area contributed by atoms with Gasteiger partial charge in [0.05, 0.1) is 32.4 Å². The lowest BCUT2D eigenvalue weighted by Gasteiger charge is -2.38. The van der Waals surface area contributed by atoms with Crippen molar-refractivity contribution in [3.8, 4) is 23.3 Å². The summed E-state index contributed by atoms with van der Waals surface area (Å²) >= 11 is 0. The van der Waals surface area contributed by atoms with E-state index in [-0.39, 0.29) is 12.3 Å². The van der Waals surface area contributed by atoms with Gasteiger partial charge in [0.25, 0.3) is 0 Å². The fourth-order valence-corrected chi connectivity index (χ4v) is 5.33. The molecule has 1 aromatic heterocycles. The number of aromatic nitrogens is 1. The minimum absolute atomic E-state index is 0.157. The van der Waals surface area contributed by atoms with Gasteiger partial charge in [0.15, 0.2) is 0 Å². The van der Waals surface area contributed by atoms with Crippen LogP contribution in [0.3, 0.4) is 0 Å². The molecule has 7 nitrogen and oxygen atoms in total. The molecule has 38 heavy (non-hydrogen) atoms. The molecule has 4 rings (SSSR count). The molecule has 3 atom stereocenters. The summed E-state index contributed by atoms with van der Waals surface area (Å²) in [4.78, 5) is 18.1.